The van der Waals surface area contributed by atoms with Crippen molar-refractivity contribution in [3.05, 3.63) is 68.7 Å². The maximum Gasteiger partial charge on any atom is 0.314 e. The van der Waals surface area contributed by atoms with Crippen LogP contribution >= 0.6 is 27.5 Å². The van der Waals surface area contributed by atoms with E-state index in [9.17, 15) is 9.90 Å². The lowest BCUT2D eigenvalue weighted by molar-refractivity contribution is -0.143. The number of rotatable bonds is 3. The van der Waals surface area contributed by atoms with Gasteiger partial charge < -0.3 is 5.11 Å². The van der Waals surface area contributed by atoms with Crippen LogP contribution in [0, 0.1) is 0 Å². The van der Waals surface area contributed by atoms with Crippen LogP contribution in [-0.4, -0.2) is 11.1 Å². The molecule has 0 amide bonds. The minimum atomic E-state index is -0.867. The van der Waals surface area contributed by atoms with Gasteiger partial charge in [-0.2, -0.15) is 0 Å². The average molecular weight is 366 g/mol. The molecule has 0 radical (unpaired) electrons. The number of fused-ring (bicyclic) bond motifs is 1. The molecule has 1 N–H and O–H groups in total. The zero-order chi connectivity index (χ0) is 15.0. The van der Waals surface area contributed by atoms with Gasteiger partial charge in [0.15, 0.2) is 0 Å². The summed E-state index contributed by atoms with van der Waals surface area (Å²) in [7, 11) is 0. The molecule has 0 heterocycles. The maximum atomic E-state index is 12.0. The van der Waals surface area contributed by atoms with Crippen LogP contribution in [-0.2, 0) is 23.1 Å². The van der Waals surface area contributed by atoms with Crippen LogP contribution in [0.3, 0.4) is 0 Å². The van der Waals surface area contributed by atoms with Gasteiger partial charge in [0.1, 0.15) is 0 Å². The minimum Gasteiger partial charge on any atom is -0.481 e. The third-order valence-electron chi connectivity index (χ3n) is 4.27. The van der Waals surface area contributed by atoms with Gasteiger partial charge in [0.25, 0.3) is 0 Å². The second kappa shape index (κ2) is 5.47. The summed E-state index contributed by atoms with van der Waals surface area (Å²) >= 11 is 9.66. The number of hydrogen-bond donors (Lipinski definition) is 1. The van der Waals surface area contributed by atoms with Gasteiger partial charge in [-0.3, -0.25) is 4.79 Å². The van der Waals surface area contributed by atoms with E-state index in [1.165, 1.54) is 0 Å². The SMILES string of the molecule is O=C(O)C1(Cc2ccc(Br)cc2Cl)CCc2ccccc21. The average Bonchev–Trinajstić information content (AvgIpc) is 2.82. The molecule has 3 rings (SSSR count). The molecule has 0 saturated carbocycles. The highest BCUT2D eigenvalue weighted by atomic mass is 79.9. The summed E-state index contributed by atoms with van der Waals surface area (Å²) in [6.45, 7) is 0. The van der Waals surface area contributed by atoms with Crippen molar-refractivity contribution in [2.45, 2.75) is 24.7 Å². The molecule has 0 aliphatic heterocycles. The fourth-order valence-electron chi connectivity index (χ4n) is 3.16. The Hall–Kier alpha value is -1.32. The molecule has 21 heavy (non-hydrogen) atoms. The van der Waals surface area contributed by atoms with Crippen molar-refractivity contribution in [2.24, 2.45) is 0 Å². The number of halogens is 2. The summed E-state index contributed by atoms with van der Waals surface area (Å²) in [4.78, 5) is 12.0. The van der Waals surface area contributed by atoms with Crippen molar-refractivity contribution < 1.29 is 9.90 Å². The van der Waals surface area contributed by atoms with Gasteiger partial charge in [-0.05, 0) is 48.1 Å². The first kappa shape index (κ1) is 14.6. The van der Waals surface area contributed by atoms with Crippen LogP contribution in [0.5, 0.6) is 0 Å². The smallest absolute Gasteiger partial charge is 0.314 e. The van der Waals surface area contributed by atoms with Crippen molar-refractivity contribution in [3.63, 3.8) is 0 Å². The highest BCUT2D eigenvalue weighted by Gasteiger charge is 2.45. The van der Waals surface area contributed by atoms with Crippen LogP contribution in [0.4, 0.5) is 0 Å². The van der Waals surface area contributed by atoms with Gasteiger partial charge in [0.2, 0.25) is 0 Å². The van der Waals surface area contributed by atoms with Gasteiger partial charge in [-0.15, -0.1) is 0 Å². The molecule has 1 aliphatic carbocycles. The Labute approximate surface area is 136 Å². The van der Waals surface area contributed by atoms with Crippen LogP contribution in [0.15, 0.2) is 46.9 Å². The maximum absolute atomic E-state index is 12.0. The van der Waals surface area contributed by atoms with Crippen LogP contribution in [0.25, 0.3) is 0 Å². The van der Waals surface area contributed by atoms with Crippen LogP contribution in [0.1, 0.15) is 23.1 Å². The number of aryl methyl sites for hydroxylation is 1. The van der Waals surface area contributed by atoms with E-state index in [2.05, 4.69) is 15.9 Å². The number of carbonyl (C=O) groups is 1. The number of hydrogen-bond acceptors (Lipinski definition) is 1. The summed E-state index contributed by atoms with van der Waals surface area (Å²) in [5.74, 6) is -0.772. The molecule has 1 aliphatic rings. The third-order valence-corrected chi connectivity index (χ3v) is 5.12. The summed E-state index contributed by atoms with van der Waals surface area (Å²) in [6.07, 6.45) is 1.84. The molecule has 1 unspecified atom stereocenters. The highest BCUT2D eigenvalue weighted by molar-refractivity contribution is 9.10. The number of benzene rings is 2. The van der Waals surface area contributed by atoms with E-state index in [1.807, 2.05) is 42.5 Å². The van der Waals surface area contributed by atoms with Gasteiger partial charge in [0.05, 0.1) is 5.41 Å². The van der Waals surface area contributed by atoms with Gasteiger partial charge in [-0.25, -0.2) is 0 Å². The first-order chi connectivity index (χ1) is 10.0. The number of carboxylic acids is 1. The zero-order valence-corrected chi connectivity index (χ0v) is 13.6. The van der Waals surface area contributed by atoms with Crippen molar-refractivity contribution in [2.75, 3.05) is 0 Å². The van der Waals surface area contributed by atoms with Gasteiger partial charge >= 0.3 is 5.97 Å². The molecule has 1 atom stereocenters. The lowest BCUT2D eigenvalue weighted by Gasteiger charge is -2.26. The molecule has 2 nitrogen and oxygen atoms in total. The quantitative estimate of drug-likeness (QED) is 0.862. The lowest BCUT2D eigenvalue weighted by Crippen LogP contribution is -2.36. The van der Waals surface area contributed by atoms with E-state index in [0.717, 1.165) is 27.6 Å². The molecular weight excluding hydrogens is 352 g/mol. The highest BCUT2D eigenvalue weighted by Crippen LogP contribution is 2.42. The van der Waals surface area contributed by atoms with E-state index < -0.39 is 11.4 Å². The van der Waals surface area contributed by atoms with E-state index in [-0.39, 0.29) is 0 Å². The van der Waals surface area contributed by atoms with E-state index in [4.69, 9.17) is 11.6 Å². The summed E-state index contributed by atoms with van der Waals surface area (Å²) in [6, 6.07) is 13.4. The Kier molecular flexibility index (Phi) is 3.80. The first-order valence-electron chi connectivity index (χ1n) is 6.79. The Morgan fingerprint density at radius 2 is 2.05 bits per heavy atom. The fraction of sp³-hybridized carbons (Fsp3) is 0.235. The molecule has 0 spiro atoms. The monoisotopic (exact) mass is 364 g/mol. The second-order valence-electron chi connectivity index (χ2n) is 5.46. The molecular formula is C17H14BrClO2. The predicted octanol–water partition coefficient (Wildman–Crippen LogP) is 4.61. The van der Waals surface area contributed by atoms with E-state index in [1.54, 1.807) is 0 Å². The largest absolute Gasteiger partial charge is 0.481 e. The predicted molar refractivity (Wildman–Crippen MR) is 86.9 cm³/mol. The molecule has 2 aromatic carbocycles. The second-order valence-corrected chi connectivity index (χ2v) is 6.78. The molecule has 4 heteroatoms. The Bertz CT molecular complexity index is 714. The fourth-order valence-corrected chi connectivity index (χ4v) is 3.90. The molecule has 2 aromatic rings. The number of aliphatic carboxylic acids is 1. The standard InChI is InChI=1S/C17H14BrClO2/c18-13-6-5-12(15(19)9-13)10-17(16(20)21)8-7-11-3-1-2-4-14(11)17/h1-6,9H,7-8,10H2,(H,20,21). The van der Waals surface area contributed by atoms with Crippen molar-refractivity contribution in [1.29, 1.82) is 0 Å². The van der Waals surface area contributed by atoms with E-state index in [0.29, 0.717) is 17.9 Å². The molecule has 0 saturated heterocycles. The summed E-state index contributed by atoms with van der Waals surface area (Å²) in [5.41, 5.74) is 2.07. The summed E-state index contributed by atoms with van der Waals surface area (Å²) in [5, 5.41) is 10.5. The van der Waals surface area contributed by atoms with Gasteiger partial charge in [-0.1, -0.05) is 57.9 Å². The molecule has 108 valence electrons. The van der Waals surface area contributed by atoms with Crippen LogP contribution in [0.2, 0.25) is 5.02 Å². The molecule has 0 aromatic heterocycles. The van der Waals surface area contributed by atoms with Gasteiger partial charge in [0, 0.05) is 9.50 Å². The minimum absolute atomic E-state index is 0.422. The molecule has 0 bridgehead atoms. The van der Waals surface area contributed by atoms with Crippen LogP contribution < -0.4 is 0 Å². The van der Waals surface area contributed by atoms with E-state index >= 15 is 0 Å². The van der Waals surface area contributed by atoms with Crippen molar-refractivity contribution in [1.82, 2.24) is 0 Å². The number of carboxylic acid groups (broad SMARTS) is 1. The topological polar surface area (TPSA) is 37.3 Å². The van der Waals surface area contributed by atoms with Crippen molar-refractivity contribution in [3.8, 4) is 0 Å². The lowest BCUT2D eigenvalue weighted by atomic mass is 9.76. The zero-order valence-electron chi connectivity index (χ0n) is 11.3. The Morgan fingerprint density at radius 3 is 2.76 bits per heavy atom. The first-order valence-corrected chi connectivity index (χ1v) is 7.96. The Balaban J connectivity index is 2.06. The molecule has 0 fully saturated rings. The Morgan fingerprint density at radius 1 is 1.29 bits per heavy atom. The van der Waals surface area contributed by atoms with Crippen molar-refractivity contribution >= 4 is 33.5 Å². The third kappa shape index (κ3) is 2.49. The summed E-state index contributed by atoms with van der Waals surface area (Å²) < 4.78 is 0.896. The normalized spacial score (nSPS) is 20.3.